The number of aryl methyl sites for hydroxylation is 1. The van der Waals surface area contributed by atoms with Crippen molar-refractivity contribution in [1.82, 2.24) is 4.98 Å². The molecule has 1 fully saturated rings. The predicted molar refractivity (Wildman–Crippen MR) is 73.6 cm³/mol. The third kappa shape index (κ3) is 3.35. The molecule has 1 heterocycles. The normalized spacial score (nSPS) is 19.0. The van der Waals surface area contributed by atoms with Crippen molar-refractivity contribution in [2.75, 3.05) is 5.32 Å². The third-order valence-corrected chi connectivity index (χ3v) is 4.00. The second kappa shape index (κ2) is 5.72. The van der Waals surface area contributed by atoms with Crippen LogP contribution in [0.2, 0.25) is 5.15 Å². The summed E-state index contributed by atoms with van der Waals surface area (Å²) in [6.07, 6.45) is 6.89. The van der Waals surface area contributed by atoms with Crippen molar-refractivity contribution in [3.05, 3.63) is 23.0 Å². The summed E-state index contributed by atoms with van der Waals surface area (Å²) in [7, 11) is 0. The smallest absolute Gasteiger partial charge is 0.129 e. The van der Waals surface area contributed by atoms with E-state index < -0.39 is 0 Å². The molecule has 1 unspecified atom stereocenters. The van der Waals surface area contributed by atoms with Gasteiger partial charge in [0.05, 0.1) is 11.4 Å². The SMILES string of the molecule is Cc1nc(Cl)ccc1NC(C)C1CCCCC1. The molecule has 1 aliphatic carbocycles. The molecule has 17 heavy (non-hydrogen) atoms. The van der Waals surface area contributed by atoms with Crippen LogP contribution in [0.15, 0.2) is 12.1 Å². The monoisotopic (exact) mass is 252 g/mol. The number of aromatic nitrogens is 1. The van der Waals surface area contributed by atoms with E-state index in [1.807, 2.05) is 19.1 Å². The fourth-order valence-electron chi connectivity index (χ4n) is 2.68. The van der Waals surface area contributed by atoms with Gasteiger partial charge in [-0.05, 0) is 44.7 Å². The van der Waals surface area contributed by atoms with E-state index in [2.05, 4.69) is 17.2 Å². The van der Waals surface area contributed by atoms with E-state index >= 15 is 0 Å². The van der Waals surface area contributed by atoms with Crippen LogP contribution in [0.25, 0.3) is 0 Å². The van der Waals surface area contributed by atoms with Crippen molar-refractivity contribution >= 4 is 17.3 Å². The first-order valence-corrected chi connectivity index (χ1v) is 6.94. The third-order valence-electron chi connectivity index (χ3n) is 3.79. The zero-order valence-electron chi connectivity index (χ0n) is 10.7. The molecule has 2 nitrogen and oxygen atoms in total. The Hall–Kier alpha value is -0.760. The fraction of sp³-hybridized carbons (Fsp3) is 0.643. The number of hydrogen-bond acceptors (Lipinski definition) is 2. The molecule has 1 aromatic heterocycles. The minimum atomic E-state index is 0.525. The van der Waals surface area contributed by atoms with E-state index in [-0.39, 0.29) is 0 Å². The van der Waals surface area contributed by atoms with E-state index in [0.717, 1.165) is 17.3 Å². The summed E-state index contributed by atoms with van der Waals surface area (Å²) in [4.78, 5) is 4.27. The molecule has 0 aliphatic heterocycles. The number of nitrogens with one attached hydrogen (secondary N) is 1. The van der Waals surface area contributed by atoms with Crippen LogP contribution < -0.4 is 5.32 Å². The van der Waals surface area contributed by atoms with E-state index in [1.165, 1.54) is 32.1 Å². The van der Waals surface area contributed by atoms with Crippen LogP contribution in [0.1, 0.15) is 44.7 Å². The lowest BCUT2D eigenvalue weighted by molar-refractivity contribution is 0.328. The van der Waals surface area contributed by atoms with Crippen LogP contribution in [0.4, 0.5) is 5.69 Å². The first-order valence-electron chi connectivity index (χ1n) is 6.56. The van der Waals surface area contributed by atoms with Crippen molar-refractivity contribution in [3.63, 3.8) is 0 Å². The van der Waals surface area contributed by atoms with Crippen LogP contribution in [0.3, 0.4) is 0 Å². The van der Waals surface area contributed by atoms with Crippen molar-refractivity contribution in [2.24, 2.45) is 5.92 Å². The molecule has 0 spiro atoms. The summed E-state index contributed by atoms with van der Waals surface area (Å²) in [5, 5.41) is 4.15. The zero-order chi connectivity index (χ0) is 12.3. The van der Waals surface area contributed by atoms with Gasteiger partial charge in [0.15, 0.2) is 0 Å². The first-order chi connectivity index (χ1) is 8.16. The van der Waals surface area contributed by atoms with Crippen LogP contribution in [-0.2, 0) is 0 Å². The highest BCUT2D eigenvalue weighted by molar-refractivity contribution is 6.29. The summed E-state index contributed by atoms with van der Waals surface area (Å²) in [5.41, 5.74) is 2.10. The molecule has 1 aromatic rings. The molecule has 0 radical (unpaired) electrons. The largest absolute Gasteiger partial charge is 0.381 e. The van der Waals surface area contributed by atoms with Crippen LogP contribution in [0, 0.1) is 12.8 Å². The summed E-state index contributed by atoms with van der Waals surface area (Å²) in [5.74, 6) is 0.804. The van der Waals surface area contributed by atoms with Crippen molar-refractivity contribution in [1.29, 1.82) is 0 Å². The number of anilines is 1. The predicted octanol–water partition coefficient (Wildman–Crippen LogP) is 4.42. The number of rotatable bonds is 3. The Labute approximate surface area is 109 Å². The van der Waals surface area contributed by atoms with Gasteiger partial charge in [-0.2, -0.15) is 0 Å². The highest BCUT2D eigenvalue weighted by Gasteiger charge is 2.20. The Morgan fingerprint density at radius 2 is 2.00 bits per heavy atom. The lowest BCUT2D eigenvalue weighted by Gasteiger charge is -2.29. The van der Waals surface area contributed by atoms with Crippen LogP contribution in [-0.4, -0.2) is 11.0 Å². The lowest BCUT2D eigenvalue weighted by atomic mass is 9.84. The molecule has 3 heteroatoms. The minimum Gasteiger partial charge on any atom is -0.381 e. The molecule has 1 N–H and O–H groups in total. The van der Waals surface area contributed by atoms with Crippen LogP contribution in [0.5, 0.6) is 0 Å². The molecule has 0 saturated heterocycles. The Balaban J connectivity index is 1.99. The molecule has 94 valence electrons. The van der Waals surface area contributed by atoms with Gasteiger partial charge in [0.1, 0.15) is 5.15 Å². The van der Waals surface area contributed by atoms with Gasteiger partial charge < -0.3 is 5.32 Å². The van der Waals surface area contributed by atoms with Crippen molar-refractivity contribution < 1.29 is 0 Å². The lowest BCUT2D eigenvalue weighted by Crippen LogP contribution is -2.28. The second-order valence-electron chi connectivity index (χ2n) is 5.10. The molecule has 0 amide bonds. The highest BCUT2D eigenvalue weighted by atomic mass is 35.5. The van der Waals surface area contributed by atoms with E-state index in [9.17, 15) is 0 Å². The number of hydrogen-bond donors (Lipinski definition) is 1. The highest BCUT2D eigenvalue weighted by Crippen LogP contribution is 2.28. The molecular formula is C14H21ClN2. The Morgan fingerprint density at radius 1 is 1.29 bits per heavy atom. The summed E-state index contributed by atoms with van der Waals surface area (Å²) in [6, 6.07) is 4.41. The van der Waals surface area contributed by atoms with Crippen molar-refractivity contribution in [3.8, 4) is 0 Å². The first kappa shape index (κ1) is 12.7. The Bertz CT molecular complexity index is 372. The van der Waals surface area contributed by atoms with Gasteiger partial charge in [-0.1, -0.05) is 30.9 Å². The summed E-state index contributed by atoms with van der Waals surface area (Å²) < 4.78 is 0. The Morgan fingerprint density at radius 3 is 2.65 bits per heavy atom. The summed E-state index contributed by atoms with van der Waals surface area (Å²) >= 11 is 5.86. The molecule has 1 atom stereocenters. The number of pyridine rings is 1. The van der Waals surface area contributed by atoms with Gasteiger partial charge in [0.2, 0.25) is 0 Å². The van der Waals surface area contributed by atoms with E-state index in [1.54, 1.807) is 0 Å². The van der Waals surface area contributed by atoms with E-state index in [4.69, 9.17) is 11.6 Å². The molecule has 1 saturated carbocycles. The standard InChI is InChI=1S/C14H21ClN2/c1-10(12-6-4-3-5-7-12)16-13-8-9-14(15)17-11(13)2/h8-10,12,16H,3-7H2,1-2H3. The van der Waals surface area contributed by atoms with Gasteiger partial charge in [-0.15, -0.1) is 0 Å². The van der Waals surface area contributed by atoms with Gasteiger partial charge in [0.25, 0.3) is 0 Å². The zero-order valence-corrected chi connectivity index (χ0v) is 11.4. The average molecular weight is 253 g/mol. The molecule has 0 aromatic carbocycles. The van der Waals surface area contributed by atoms with Crippen molar-refractivity contribution in [2.45, 2.75) is 52.0 Å². The Kier molecular flexibility index (Phi) is 4.27. The molecule has 2 rings (SSSR count). The summed E-state index contributed by atoms with van der Waals surface area (Å²) in [6.45, 7) is 4.28. The molecular weight excluding hydrogens is 232 g/mol. The molecule has 1 aliphatic rings. The topological polar surface area (TPSA) is 24.9 Å². The number of halogens is 1. The van der Waals surface area contributed by atoms with Gasteiger partial charge >= 0.3 is 0 Å². The maximum absolute atomic E-state index is 5.86. The minimum absolute atomic E-state index is 0.525. The van der Waals surface area contributed by atoms with Gasteiger partial charge in [-0.25, -0.2) is 4.98 Å². The maximum atomic E-state index is 5.86. The fourth-order valence-corrected chi connectivity index (χ4v) is 2.87. The molecule has 0 bridgehead atoms. The average Bonchev–Trinajstić information content (AvgIpc) is 2.34. The van der Waals surface area contributed by atoms with Gasteiger partial charge in [0, 0.05) is 6.04 Å². The van der Waals surface area contributed by atoms with E-state index in [0.29, 0.717) is 11.2 Å². The maximum Gasteiger partial charge on any atom is 0.129 e. The quantitative estimate of drug-likeness (QED) is 0.806. The second-order valence-corrected chi connectivity index (χ2v) is 5.49. The van der Waals surface area contributed by atoms with Crippen LogP contribution >= 0.6 is 11.6 Å². The van der Waals surface area contributed by atoms with Gasteiger partial charge in [-0.3, -0.25) is 0 Å². The number of nitrogens with zero attached hydrogens (tertiary/aromatic N) is 1.